The van der Waals surface area contributed by atoms with Crippen LogP contribution in [0.15, 0.2) is 91.0 Å². The van der Waals surface area contributed by atoms with Gasteiger partial charge in [-0.3, -0.25) is 0 Å². The van der Waals surface area contributed by atoms with Crippen LogP contribution in [-0.4, -0.2) is 18.8 Å². The predicted octanol–water partition coefficient (Wildman–Crippen LogP) is 6.47. The summed E-state index contributed by atoms with van der Waals surface area (Å²) >= 11 is 0. The van der Waals surface area contributed by atoms with Gasteiger partial charge in [-0.25, -0.2) is 0 Å². The highest BCUT2D eigenvalue weighted by atomic mass is 16.5. The number of fused-ring (bicyclic) bond motifs is 2. The molecule has 0 fully saturated rings. The maximum Gasteiger partial charge on any atom is 0.119 e. The van der Waals surface area contributed by atoms with E-state index in [1.807, 2.05) is 18.2 Å². The molecule has 0 unspecified atom stereocenters. The zero-order valence-electron chi connectivity index (χ0n) is 16.4. The second-order valence-corrected chi connectivity index (χ2v) is 7.05. The molecular formula is C26H21NO2. The number of aromatic nitrogens is 1. The van der Waals surface area contributed by atoms with Gasteiger partial charge in [-0.15, -0.1) is 0 Å². The van der Waals surface area contributed by atoms with E-state index in [9.17, 15) is 0 Å². The van der Waals surface area contributed by atoms with Crippen molar-refractivity contribution in [3.8, 4) is 28.4 Å². The van der Waals surface area contributed by atoms with Crippen molar-refractivity contribution in [3.05, 3.63) is 91.0 Å². The predicted molar refractivity (Wildman–Crippen MR) is 119 cm³/mol. The molecule has 1 aromatic heterocycles. The van der Waals surface area contributed by atoms with Crippen LogP contribution in [-0.2, 0) is 0 Å². The molecule has 0 amide bonds. The van der Waals surface area contributed by atoms with Crippen molar-refractivity contribution in [1.29, 1.82) is 0 Å². The molecule has 3 nitrogen and oxygen atoms in total. The second kappa shape index (κ2) is 7.02. The lowest BCUT2D eigenvalue weighted by Crippen LogP contribution is -1.97. The highest BCUT2D eigenvalue weighted by molar-refractivity contribution is 5.93. The fourth-order valence-corrected chi connectivity index (χ4v) is 3.89. The van der Waals surface area contributed by atoms with Crippen molar-refractivity contribution in [2.45, 2.75) is 0 Å². The van der Waals surface area contributed by atoms with Crippen LogP contribution in [0.2, 0.25) is 0 Å². The van der Waals surface area contributed by atoms with Crippen LogP contribution in [0.1, 0.15) is 0 Å². The molecule has 0 radical (unpaired) electrons. The summed E-state index contributed by atoms with van der Waals surface area (Å²) in [4.78, 5) is 0. The molecule has 0 aliphatic rings. The summed E-state index contributed by atoms with van der Waals surface area (Å²) in [6, 6.07) is 31.7. The fourth-order valence-electron chi connectivity index (χ4n) is 3.89. The van der Waals surface area contributed by atoms with Gasteiger partial charge in [0.25, 0.3) is 0 Å². The van der Waals surface area contributed by atoms with Gasteiger partial charge in [0.2, 0.25) is 0 Å². The molecule has 3 heteroatoms. The SMILES string of the molecule is COc1ccc(-n2c(-c3ccc4ccccc4c3)cc3cc(OC)ccc32)cc1. The Morgan fingerprint density at radius 1 is 0.586 bits per heavy atom. The normalized spacial score (nSPS) is 11.1. The molecule has 1 heterocycles. The topological polar surface area (TPSA) is 23.4 Å². The molecule has 142 valence electrons. The van der Waals surface area contributed by atoms with Crippen LogP contribution in [0.4, 0.5) is 0 Å². The number of benzene rings is 4. The minimum Gasteiger partial charge on any atom is -0.497 e. The highest BCUT2D eigenvalue weighted by Gasteiger charge is 2.14. The zero-order valence-corrected chi connectivity index (χ0v) is 16.4. The van der Waals surface area contributed by atoms with Crippen LogP contribution >= 0.6 is 0 Å². The lowest BCUT2D eigenvalue weighted by atomic mass is 10.0. The summed E-state index contributed by atoms with van der Waals surface area (Å²) in [6.07, 6.45) is 0. The number of nitrogens with zero attached hydrogens (tertiary/aromatic N) is 1. The molecule has 0 saturated carbocycles. The summed E-state index contributed by atoms with van der Waals surface area (Å²) in [7, 11) is 3.39. The molecule has 0 aliphatic carbocycles. The standard InChI is InChI=1S/C26H21NO2/c1-28-23-11-9-22(10-12-23)27-25-14-13-24(29-2)16-21(25)17-26(27)20-8-7-18-5-3-4-6-19(18)15-20/h3-17H,1-2H3. The van der Waals surface area contributed by atoms with Gasteiger partial charge in [-0.1, -0.05) is 36.4 Å². The minimum atomic E-state index is 0.846. The molecule has 0 aliphatic heterocycles. The van der Waals surface area contributed by atoms with E-state index in [0.717, 1.165) is 33.8 Å². The summed E-state index contributed by atoms with van der Waals surface area (Å²) in [5, 5.41) is 3.61. The van der Waals surface area contributed by atoms with Crippen molar-refractivity contribution >= 4 is 21.7 Å². The second-order valence-electron chi connectivity index (χ2n) is 7.05. The van der Waals surface area contributed by atoms with Crippen molar-refractivity contribution in [2.24, 2.45) is 0 Å². The smallest absolute Gasteiger partial charge is 0.119 e. The number of hydrogen-bond donors (Lipinski definition) is 0. The van der Waals surface area contributed by atoms with E-state index in [0.29, 0.717) is 0 Å². The third-order valence-electron chi connectivity index (χ3n) is 5.38. The van der Waals surface area contributed by atoms with Crippen molar-refractivity contribution in [1.82, 2.24) is 4.57 Å². The van der Waals surface area contributed by atoms with E-state index < -0.39 is 0 Å². The van der Waals surface area contributed by atoms with E-state index in [2.05, 4.69) is 77.4 Å². The Balaban J connectivity index is 1.77. The zero-order chi connectivity index (χ0) is 19.8. The molecule has 4 aromatic carbocycles. The first-order valence-corrected chi connectivity index (χ1v) is 9.60. The number of hydrogen-bond acceptors (Lipinski definition) is 2. The molecule has 5 rings (SSSR count). The molecule has 0 bridgehead atoms. The molecule has 0 spiro atoms. The average molecular weight is 379 g/mol. The summed E-state index contributed by atoms with van der Waals surface area (Å²) in [5.41, 5.74) is 4.55. The quantitative estimate of drug-likeness (QED) is 0.357. The Bertz CT molecular complexity index is 1320. The first kappa shape index (κ1) is 17.4. The first-order valence-electron chi connectivity index (χ1n) is 9.60. The van der Waals surface area contributed by atoms with Gasteiger partial charge in [0.1, 0.15) is 11.5 Å². The maximum atomic E-state index is 5.44. The number of ether oxygens (including phenoxy) is 2. The van der Waals surface area contributed by atoms with Gasteiger partial charge < -0.3 is 14.0 Å². The fraction of sp³-hybridized carbons (Fsp3) is 0.0769. The average Bonchev–Trinajstić information content (AvgIpc) is 3.17. The molecule has 0 atom stereocenters. The van der Waals surface area contributed by atoms with Crippen LogP contribution in [0.5, 0.6) is 11.5 Å². The van der Waals surface area contributed by atoms with Gasteiger partial charge >= 0.3 is 0 Å². The van der Waals surface area contributed by atoms with Crippen LogP contribution in [0.25, 0.3) is 38.6 Å². The van der Waals surface area contributed by atoms with Gasteiger partial charge in [-0.2, -0.15) is 0 Å². The maximum absolute atomic E-state index is 5.44. The van der Waals surface area contributed by atoms with Crippen molar-refractivity contribution < 1.29 is 9.47 Å². The Labute approximate surface area is 169 Å². The number of methoxy groups -OCH3 is 2. The lowest BCUT2D eigenvalue weighted by Gasteiger charge is -2.13. The molecule has 29 heavy (non-hydrogen) atoms. The number of rotatable bonds is 4. The molecule has 5 aromatic rings. The molecule has 0 saturated heterocycles. The van der Waals surface area contributed by atoms with Gasteiger partial charge in [0, 0.05) is 11.1 Å². The van der Waals surface area contributed by atoms with Crippen LogP contribution < -0.4 is 9.47 Å². The van der Waals surface area contributed by atoms with Gasteiger partial charge in [0.05, 0.1) is 25.4 Å². The van der Waals surface area contributed by atoms with Crippen molar-refractivity contribution in [3.63, 3.8) is 0 Å². The van der Waals surface area contributed by atoms with E-state index in [1.165, 1.54) is 16.3 Å². The third-order valence-corrected chi connectivity index (χ3v) is 5.38. The van der Waals surface area contributed by atoms with E-state index in [-0.39, 0.29) is 0 Å². The van der Waals surface area contributed by atoms with Crippen molar-refractivity contribution in [2.75, 3.05) is 14.2 Å². The molecular weight excluding hydrogens is 358 g/mol. The summed E-state index contributed by atoms with van der Waals surface area (Å²) in [5.74, 6) is 1.70. The monoisotopic (exact) mass is 379 g/mol. The Morgan fingerprint density at radius 2 is 1.31 bits per heavy atom. The van der Waals surface area contributed by atoms with Crippen LogP contribution in [0.3, 0.4) is 0 Å². The Kier molecular flexibility index (Phi) is 4.21. The first-order chi connectivity index (χ1) is 14.3. The minimum absolute atomic E-state index is 0.846. The summed E-state index contributed by atoms with van der Waals surface area (Å²) in [6.45, 7) is 0. The van der Waals surface area contributed by atoms with Gasteiger partial charge in [-0.05, 0) is 70.9 Å². The Morgan fingerprint density at radius 3 is 2.07 bits per heavy atom. The highest BCUT2D eigenvalue weighted by Crippen LogP contribution is 2.35. The molecule has 0 N–H and O–H groups in total. The largest absolute Gasteiger partial charge is 0.497 e. The third kappa shape index (κ3) is 3.01. The van der Waals surface area contributed by atoms with E-state index in [4.69, 9.17) is 9.47 Å². The Hall–Kier alpha value is -3.72. The lowest BCUT2D eigenvalue weighted by molar-refractivity contribution is 0.415. The van der Waals surface area contributed by atoms with E-state index in [1.54, 1.807) is 14.2 Å². The van der Waals surface area contributed by atoms with Crippen LogP contribution in [0, 0.1) is 0 Å². The van der Waals surface area contributed by atoms with Gasteiger partial charge in [0.15, 0.2) is 0 Å². The summed E-state index contributed by atoms with van der Waals surface area (Å²) < 4.78 is 13.1. The van der Waals surface area contributed by atoms with E-state index >= 15 is 0 Å².